The largest absolute Gasteiger partial charge is 0.493 e. The molecule has 0 aliphatic carbocycles. The highest BCUT2D eigenvalue weighted by molar-refractivity contribution is 7.99. The number of nitro groups is 1. The van der Waals surface area contributed by atoms with Crippen molar-refractivity contribution in [3.05, 3.63) is 104 Å². The molecule has 0 unspecified atom stereocenters. The lowest BCUT2D eigenvalue weighted by atomic mass is 10.1. The molecule has 0 aliphatic heterocycles. The van der Waals surface area contributed by atoms with Crippen molar-refractivity contribution in [1.82, 2.24) is 14.8 Å². The first kappa shape index (κ1) is 25.8. The Morgan fingerprint density at radius 2 is 1.78 bits per heavy atom. The molecule has 3 aromatic carbocycles. The fraction of sp³-hybridized carbons (Fsp3) is 0.200. The van der Waals surface area contributed by atoms with Crippen molar-refractivity contribution in [1.29, 1.82) is 0 Å². The minimum absolute atomic E-state index is 0.182. The standard InChI is InChI=1S/C25H22Cl2N4O4S/c1-16-28-29-25(31(16)19-9-4-3-5-10-19)36-23(14-30(32)33)18-12-21(27)24(22(13-18)34-2)35-15-17-8-6-7-11-20(17)26/h3-13,23H,14-15H2,1-2H3/t23-/m1/s1. The van der Waals surface area contributed by atoms with E-state index in [0.717, 1.165) is 11.3 Å². The van der Waals surface area contributed by atoms with E-state index in [2.05, 4.69) is 10.2 Å². The van der Waals surface area contributed by atoms with E-state index in [1.807, 2.05) is 60.0 Å². The second-order valence-corrected chi connectivity index (χ2v) is 9.72. The summed E-state index contributed by atoms with van der Waals surface area (Å²) in [5.74, 6) is 1.36. The van der Waals surface area contributed by atoms with E-state index in [1.54, 1.807) is 18.2 Å². The fourth-order valence-electron chi connectivity index (χ4n) is 3.60. The van der Waals surface area contributed by atoms with Gasteiger partial charge in [0.05, 0.1) is 12.1 Å². The van der Waals surface area contributed by atoms with Crippen LogP contribution < -0.4 is 9.47 Å². The summed E-state index contributed by atoms with van der Waals surface area (Å²) >= 11 is 14.0. The molecule has 0 spiro atoms. The number of halogens is 2. The number of hydrogen-bond acceptors (Lipinski definition) is 7. The van der Waals surface area contributed by atoms with Gasteiger partial charge in [0.25, 0.3) is 0 Å². The Balaban J connectivity index is 1.65. The third kappa shape index (κ3) is 5.92. The van der Waals surface area contributed by atoms with Crippen molar-refractivity contribution in [2.75, 3.05) is 13.7 Å². The van der Waals surface area contributed by atoms with E-state index in [1.165, 1.54) is 18.9 Å². The molecule has 1 aromatic heterocycles. The van der Waals surface area contributed by atoms with Crippen LogP contribution in [-0.4, -0.2) is 33.3 Å². The number of methoxy groups -OCH3 is 1. The lowest BCUT2D eigenvalue weighted by Crippen LogP contribution is -2.12. The summed E-state index contributed by atoms with van der Waals surface area (Å²) in [7, 11) is 1.49. The molecule has 0 saturated carbocycles. The highest BCUT2D eigenvalue weighted by atomic mass is 35.5. The van der Waals surface area contributed by atoms with Gasteiger partial charge in [-0.2, -0.15) is 0 Å². The number of hydrogen-bond donors (Lipinski definition) is 0. The number of ether oxygens (including phenoxy) is 2. The molecule has 0 fully saturated rings. The van der Waals surface area contributed by atoms with Crippen LogP contribution in [0.15, 0.2) is 71.9 Å². The first-order valence-electron chi connectivity index (χ1n) is 10.9. The average molecular weight is 545 g/mol. The summed E-state index contributed by atoms with van der Waals surface area (Å²) in [6.45, 7) is 1.66. The third-order valence-corrected chi connectivity index (χ3v) is 7.16. The van der Waals surface area contributed by atoms with Gasteiger partial charge in [0.15, 0.2) is 16.7 Å². The van der Waals surface area contributed by atoms with Gasteiger partial charge in [0.2, 0.25) is 6.54 Å². The van der Waals surface area contributed by atoms with Crippen molar-refractivity contribution >= 4 is 35.0 Å². The fourth-order valence-corrected chi connectivity index (χ4v) is 5.22. The smallest absolute Gasteiger partial charge is 0.220 e. The summed E-state index contributed by atoms with van der Waals surface area (Å²) in [6.07, 6.45) is 0. The molecule has 0 N–H and O–H groups in total. The first-order chi connectivity index (χ1) is 17.4. The van der Waals surface area contributed by atoms with Gasteiger partial charge >= 0.3 is 0 Å². The summed E-state index contributed by atoms with van der Waals surface area (Å²) in [5, 5.41) is 20.8. The highest BCUT2D eigenvalue weighted by Crippen LogP contribution is 2.43. The molecule has 11 heteroatoms. The predicted octanol–water partition coefficient (Wildman–Crippen LogP) is 6.58. The Hall–Kier alpha value is -3.27. The summed E-state index contributed by atoms with van der Waals surface area (Å²) in [6, 6.07) is 20.3. The van der Waals surface area contributed by atoms with Crippen LogP contribution in [0.4, 0.5) is 0 Å². The van der Waals surface area contributed by atoms with Gasteiger partial charge < -0.3 is 9.47 Å². The monoisotopic (exact) mass is 544 g/mol. The topological polar surface area (TPSA) is 92.3 Å². The van der Waals surface area contributed by atoms with Gasteiger partial charge in [-0.1, -0.05) is 71.4 Å². The Morgan fingerprint density at radius 3 is 2.47 bits per heavy atom. The Labute approximate surface area is 222 Å². The van der Waals surface area contributed by atoms with Crippen molar-refractivity contribution in [2.24, 2.45) is 0 Å². The van der Waals surface area contributed by atoms with E-state index in [4.69, 9.17) is 32.7 Å². The number of aryl methyl sites for hydroxylation is 1. The Kier molecular flexibility index (Phi) is 8.35. The zero-order chi connectivity index (χ0) is 25.7. The molecule has 0 bridgehead atoms. The van der Waals surface area contributed by atoms with Crippen molar-refractivity contribution < 1.29 is 14.4 Å². The number of thioether (sulfide) groups is 1. The Bertz CT molecular complexity index is 1370. The van der Waals surface area contributed by atoms with Gasteiger partial charge in [0, 0.05) is 21.2 Å². The average Bonchev–Trinajstić information content (AvgIpc) is 3.23. The molecular weight excluding hydrogens is 523 g/mol. The second-order valence-electron chi connectivity index (χ2n) is 7.74. The minimum atomic E-state index is -0.616. The van der Waals surface area contributed by atoms with E-state index < -0.39 is 5.25 Å². The molecule has 0 saturated heterocycles. The normalized spacial score (nSPS) is 11.8. The zero-order valence-corrected chi connectivity index (χ0v) is 21.8. The van der Waals surface area contributed by atoms with Gasteiger partial charge in [0.1, 0.15) is 17.7 Å². The van der Waals surface area contributed by atoms with Crippen LogP contribution in [0.1, 0.15) is 22.2 Å². The van der Waals surface area contributed by atoms with Gasteiger partial charge in [-0.25, -0.2) is 0 Å². The summed E-state index contributed by atoms with van der Waals surface area (Å²) in [5.41, 5.74) is 2.25. The lowest BCUT2D eigenvalue weighted by Gasteiger charge is -2.18. The van der Waals surface area contributed by atoms with E-state index in [0.29, 0.717) is 33.1 Å². The van der Waals surface area contributed by atoms with Crippen LogP contribution >= 0.6 is 35.0 Å². The van der Waals surface area contributed by atoms with Gasteiger partial charge in [-0.3, -0.25) is 14.7 Å². The minimum Gasteiger partial charge on any atom is -0.493 e. The number of nitrogens with zero attached hydrogens (tertiary/aromatic N) is 4. The van der Waals surface area contributed by atoms with Crippen LogP contribution in [0, 0.1) is 17.0 Å². The maximum Gasteiger partial charge on any atom is 0.220 e. The molecule has 8 nitrogen and oxygen atoms in total. The molecule has 186 valence electrons. The third-order valence-electron chi connectivity index (χ3n) is 5.33. The molecule has 4 rings (SSSR count). The highest BCUT2D eigenvalue weighted by Gasteiger charge is 2.26. The van der Waals surface area contributed by atoms with Crippen LogP contribution in [0.2, 0.25) is 10.0 Å². The zero-order valence-electron chi connectivity index (χ0n) is 19.4. The molecule has 36 heavy (non-hydrogen) atoms. The first-order valence-corrected chi connectivity index (χ1v) is 12.5. The quantitative estimate of drug-likeness (QED) is 0.126. The summed E-state index contributed by atoms with van der Waals surface area (Å²) in [4.78, 5) is 11.2. The lowest BCUT2D eigenvalue weighted by molar-refractivity contribution is -0.479. The van der Waals surface area contributed by atoms with Crippen LogP contribution in [-0.2, 0) is 6.61 Å². The van der Waals surface area contributed by atoms with Crippen LogP contribution in [0.5, 0.6) is 11.5 Å². The second kappa shape index (κ2) is 11.6. The number of aromatic nitrogens is 3. The maximum absolute atomic E-state index is 11.6. The molecule has 1 heterocycles. The van der Waals surface area contributed by atoms with Gasteiger partial charge in [-0.05, 0) is 42.8 Å². The SMILES string of the molecule is COc1cc([C@@H](C[N+](=O)[O-])Sc2nnc(C)n2-c2ccccc2)cc(Cl)c1OCc1ccccc1Cl. The van der Waals surface area contributed by atoms with Crippen LogP contribution in [0.3, 0.4) is 0 Å². The molecular formula is C25H22Cl2N4O4S. The number of benzene rings is 3. The van der Waals surface area contributed by atoms with Crippen molar-refractivity contribution in [3.8, 4) is 17.2 Å². The molecule has 0 radical (unpaired) electrons. The van der Waals surface area contributed by atoms with E-state index in [9.17, 15) is 10.1 Å². The molecule has 4 aromatic rings. The molecule has 0 amide bonds. The molecule has 1 atom stereocenters. The number of rotatable bonds is 10. The number of para-hydroxylation sites is 1. The summed E-state index contributed by atoms with van der Waals surface area (Å²) < 4.78 is 13.3. The van der Waals surface area contributed by atoms with Gasteiger partial charge in [-0.15, -0.1) is 10.2 Å². The predicted molar refractivity (Wildman–Crippen MR) is 140 cm³/mol. The van der Waals surface area contributed by atoms with E-state index in [-0.39, 0.29) is 23.1 Å². The molecule has 0 aliphatic rings. The van der Waals surface area contributed by atoms with Crippen molar-refractivity contribution in [3.63, 3.8) is 0 Å². The van der Waals surface area contributed by atoms with Crippen LogP contribution in [0.25, 0.3) is 5.69 Å². The Morgan fingerprint density at radius 1 is 1.06 bits per heavy atom. The van der Waals surface area contributed by atoms with E-state index >= 15 is 0 Å². The maximum atomic E-state index is 11.6. The van der Waals surface area contributed by atoms with Crippen molar-refractivity contribution in [2.45, 2.75) is 23.9 Å².